The third kappa shape index (κ3) is 7.33. The lowest BCUT2D eigenvalue weighted by atomic mass is 10.1. The second kappa shape index (κ2) is 15.0. The number of nitrogens with one attached hydrogen (secondary N) is 1. The first-order valence-corrected chi connectivity index (χ1v) is 17.2. The molecule has 0 fully saturated rings. The molecule has 4 heterocycles. The Bertz CT molecular complexity index is 2330. The molecule has 11 nitrogen and oxygen atoms in total. The summed E-state index contributed by atoms with van der Waals surface area (Å²) in [4.78, 5) is 35.7. The van der Waals surface area contributed by atoms with Gasteiger partial charge in [-0.05, 0) is 42.5 Å². The molecule has 51 heavy (non-hydrogen) atoms. The molecule has 1 amide bonds. The van der Waals surface area contributed by atoms with Gasteiger partial charge in [0.15, 0.2) is 0 Å². The number of halogens is 3. The normalized spacial score (nSPS) is 11.3. The summed E-state index contributed by atoms with van der Waals surface area (Å²) < 4.78 is 3.85. The van der Waals surface area contributed by atoms with Crippen LogP contribution in [-0.2, 0) is 6.54 Å². The van der Waals surface area contributed by atoms with Crippen molar-refractivity contribution in [1.82, 2.24) is 34.4 Å². The number of hydrogen-bond acceptors (Lipinski definition) is 8. The number of aromatic nitrogens is 6. The maximum atomic E-state index is 12.9. The third-order valence-electron chi connectivity index (χ3n) is 8.48. The number of fused-ring (bicyclic) bond motifs is 2. The highest BCUT2D eigenvalue weighted by Crippen LogP contribution is 2.35. The zero-order valence-electron chi connectivity index (χ0n) is 27.4. The van der Waals surface area contributed by atoms with Crippen molar-refractivity contribution in [2.24, 2.45) is 0 Å². The molecule has 0 aliphatic heterocycles. The number of likely N-dealkylation sites (N-methyl/N-ethyl adjacent to an activating group) is 1. The van der Waals surface area contributed by atoms with Gasteiger partial charge in [0, 0.05) is 78.8 Å². The summed E-state index contributed by atoms with van der Waals surface area (Å²) in [5.41, 5.74) is 4.26. The van der Waals surface area contributed by atoms with Gasteiger partial charge in [-0.3, -0.25) is 4.79 Å². The topological polar surface area (TPSA) is 117 Å². The maximum Gasteiger partial charge on any atom is 0.251 e. The number of anilines is 2. The van der Waals surface area contributed by atoms with Crippen LogP contribution in [0.25, 0.3) is 33.2 Å². The van der Waals surface area contributed by atoms with Gasteiger partial charge in [0.25, 0.3) is 5.91 Å². The lowest BCUT2D eigenvalue weighted by Gasteiger charge is -2.24. The Hall–Kier alpha value is -5.20. The number of pyridine rings is 2. The molecule has 4 aromatic heterocycles. The number of hydrogen-bond donors (Lipinski definition) is 2. The quantitative estimate of drug-likeness (QED) is 0.138. The second-order valence-corrected chi connectivity index (χ2v) is 13.1. The minimum Gasteiger partial charge on any atom is -0.395 e. The van der Waals surface area contributed by atoms with Crippen LogP contribution in [0, 0.1) is 0 Å². The summed E-state index contributed by atoms with van der Waals surface area (Å²) in [5, 5.41) is 15.6. The van der Waals surface area contributed by atoms with Gasteiger partial charge >= 0.3 is 0 Å². The summed E-state index contributed by atoms with van der Waals surface area (Å²) in [6.07, 6.45) is 9.02. The van der Waals surface area contributed by atoms with Gasteiger partial charge in [-0.1, -0.05) is 53.0 Å². The van der Waals surface area contributed by atoms with E-state index in [0.29, 0.717) is 69.5 Å². The van der Waals surface area contributed by atoms with E-state index in [0.717, 1.165) is 27.8 Å². The van der Waals surface area contributed by atoms with Gasteiger partial charge in [-0.2, -0.15) is 0 Å². The van der Waals surface area contributed by atoms with Crippen LogP contribution in [0.1, 0.15) is 16.1 Å². The molecular formula is C37H32Cl3N9O2. The van der Waals surface area contributed by atoms with E-state index >= 15 is 0 Å². The lowest BCUT2D eigenvalue weighted by Crippen LogP contribution is -2.35. The molecule has 7 rings (SSSR count). The zero-order valence-corrected chi connectivity index (χ0v) is 29.7. The largest absolute Gasteiger partial charge is 0.395 e. The van der Waals surface area contributed by atoms with E-state index in [-0.39, 0.29) is 12.5 Å². The number of aliphatic hydroxyl groups is 1. The molecule has 14 heteroatoms. The molecule has 0 radical (unpaired) electrons. The van der Waals surface area contributed by atoms with Crippen LogP contribution in [0.3, 0.4) is 0 Å². The predicted octanol–water partition coefficient (Wildman–Crippen LogP) is 6.98. The fourth-order valence-electron chi connectivity index (χ4n) is 5.87. The second-order valence-electron chi connectivity index (χ2n) is 11.8. The Morgan fingerprint density at radius 2 is 1.67 bits per heavy atom. The van der Waals surface area contributed by atoms with Crippen LogP contribution in [0.15, 0.2) is 104 Å². The van der Waals surface area contributed by atoms with E-state index < -0.39 is 0 Å². The van der Waals surface area contributed by atoms with Crippen molar-refractivity contribution in [3.05, 3.63) is 130 Å². The molecule has 3 aromatic carbocycles. The van der Waals surface area contributed by atoms with Gasteiger partial charge in [0.2, 0.25) is 0 Å². The van der Waals surface area contributed by atoms with Gasteiger partial charge in [0.05, 0.1) is 64.0 Å². The monoisotopic (exact) mass is 739 g/mol. The number of carbonyl (C=O) groups excluding carboxylic acids is 1. The number of carbonyl (C=O) groups is 1. The first-order valence-electron chi connectivity index (χ1n) is 16.1. The van der Waals surface area contributed by atoms with Gasteiger partial charge < -0.3 is 29.4 Å². The third-order valence-corrected chi connectivity index (χ3v) is 9.51. The Labute approximate surface area is 308 Å². The van der Waals surface area contributed by atoms with E-state index in [1.165, 1.54) is 0 Å². The van der Waals surface area contributed by atoms with Crippen LogP contribution in [0.2, 0.25) is 15.1 Å². The van der Waals surface area contributed by atoms with E-state index in [9.17, 15) is 9.90 Å². The van der Waals surface area contributed by atoms with Gasteiger partial charge in [-0.25, -0.2) is 19.9 Å². The molecule has 2 N–H and O–H groups in total. The summed E-state index contributed by atoms with van der Waals surface area (Å²) in [5.74, 6) is 1.12. The smallest absolute Gasteiger partial charge is 0.251 e. The molecule has 0 unspecified atom stereocenters. The number of benzene rings is 3. The number of rotatable bonds is 12. The first kappa shape index (κ1) is 34.3. The SMILES string of the molecule is CN(CCO)c1cc(-n2cnc(CN(CCNC(=O)c3ccccc3)c3cc(-n4ccnc4)c4ccc(Cl)cc4n3)c2)c2ccc(Cl)c(Cl)c2n1. The average molecular weight is 741 g/mol. The molecule has 0 saturated heterocycles. The fraction of sp³-hybridized carbons (Fsp3) is 0.162. The Morgan fingerprint density at radius 3 is 2.45 bits per heavy atom. The van der Waals surface area contributed by atoms with Crippen molar-refractivity contribution in [3.63, 3.8) is 0 Å². The Balaban J connectivity index is 1.26. The minimum absolute atomic E-state index is 0.0384. The number of amides is 1. The van der Waals surface area contributed by atoms with E-state index in [2.05, 4.69) is 15.2 Å². The van der Waals surface area contributed by atoms with Crippen LogP contribution < -0.4 is 15.1 Å². The van der Waals surface area contributed by atoms with Crippen LogP contribution in [0.4, 0.5) is 11.6 Å². The summed E-state index contributed by atoms with van der Waals surface area (Å²) in [6.45, 7) is 1.48. The Kier molecular flexibility index (Phi) is 10.0. The van der Waals surface area contributed by atoms with Crippen LogP contribution in [0.5, 0.6) is 0 Å². The number of imidazole rings is 2. The van der Waals surface area contributed by atoms with E-state index in [4.69, 9.17) is 49.8 Å². The zero-order chi connectivity index (χ0) is 35.5. The molecule has 0 aliphatic carbocycles. The van der Waals surface area contributed by atoms with Crippen molar-refractivity contribution in [2.45, 2.75) is 6.54 Å². The fourth-order valence-corrected chi connectivity index (χ4v) is 6.39. The standard InChI is InChI=1S/C37H32Cl3N9O2/c1-46(15-16-50)33-18-32(28-9-10-29(39)35(40)36(28)45-33)49-21-26(43-23-49)20-47(14-12-42-37(51)24-5-3-2-4-6-24)34-19-31(48-13-11-41-22-48)27-8-7-25(38)17-30(27)44-34/h2-11,13,17-19,21-23,50H,12,14-16,20H2,1H3,(H,42,51). The molecule has 0 bridgehead atoms. The summed E-state index contributed by atoms with van der Waals surface area (Å²) in [6, 6.07) is 22.3. The van der Waals surface area contributed by atoms with Crippen molar-refractivity contribution in [2.75, 3.05) is 43.1 Å². The highest BCUT2D eigenvalue weighted by molar-refractivity contribution is 6.45. The molecule has 0 saturated carbocycles. The van der Waals surface area contributed by atoms with Gasteiger partial charge in [0.1, 0.15) is 11.6 Å². The summed E-state index contributed by atoms with van der Waals surface area (Å²) >= 11 is 19.5. The average Bonchev–Trinajstić information content (AvgIpc) is 3.85. The maximum absolute atomic E-state index is 12.9. The molecule has 0 atom stereocenters. The van der Waals surface area contributed by atoms with Crippen LogP contribution >= 0.6 is 34.8 Å². The van der Waals surface area contributed by atoms with E-state index in [1.807, 2.05) is 88.1 Å². The molecule has 0 aliphatic rings. The van der Waals surface area contributed by atoms with Crippen molar-refractivity contribution in [1.29, 1.82) is 0 Å². The van der Waals surface area contributed by atoms with Crippen molar-refractivity contribution < 1.29 is 9.90 Å². The van der Waals surface area contributed by atoms with Crippen LogP contribution in [-0.4, -0.2) is 73.4 Å². The highest BCUT2D eigenvalue weighted by atomic mass is 35.5. The number of nitrogens with zero attached hydrogens (tertiary/aromatic N) is 8. The highest BCUT2D eigenvalue weighted by Gasteiger charge is 2.19. The molecule has 7 aromatic rings. The lowest BCUT2D eigenvalue weighted by molar-refractivity contribution is 0.0954. The van der Waals surface area contributed by atoms with Crippen molar-refractivity contribution >= 4 is 74.2 Å². The minimum atomic E-state index is -0.164. The summed E-state index contributed by atoms with van der Waals surface area (Å²) in [7, 11) is 1.85. The van der Waals surface area contributed by atoms with Gasteiger partial charge in [-0.15, -0.1) is 0 Å². The van der Waals surface area contributed by atoms with E-state index in [1.54, 1.807) is 37.1 Å². The van der Waals surface area contributed by atoms with Crippen molar-refractivity contribution in [3.8, 4) is 11.4 Å². The first-order chi connectivity index (χ1) is 24.8. The Morgan fingerprint density at radius 1 is 0.882 bits per heavy atom. The molecule has 258 valence electrons. The molecular weight excluding hydrogens is 709 g/mol. The molecule has 0 spiro atoms. The predicted molar refractivity (Wildman–Crippen MR) is 203 cm³/mol. The number of aliphatic hydroxyl groups excluding tert-OH is 1.